The molecule has 16 heavy (non-hydrogen) atoms. The van der Waals surface area contributed by atoms with Crippen LogP contribution in [0.1, 0.15) is 19.3 Å². The Morgan fingerprint density at radius 1 is 1.62 bits per heavy atom. The number of hydrogen-bond donors (Lipinski definition) is 1. The summed E-state index contributed by atoms with van der Waals surface area (Å²) in [6, 6.07) is 0.199. The molecule has 5 heteroatoms. The number of aliphatic carboxylic acids is 1. The second-order valence-electron chi connectivity index (χ2n) is 3.96. The molecule has 0 aromatic heterocycles. The van der Waals surface area contributed by atoms with Gasteiger partial charge in [-0.2, -0.15) is 0 Å². The van der Waals surface area contributed by atoms with Gasteiger partial charge in [0, 0.05) is 11.6 Å². The Bertz CT molecular complexity index is 311. The highest BCUT2D eigenvalue weighted by Gasteiger charge is 2.22. The summed E-state index contributed by atoms with van der Waals surface area (Å²) in [7, 11) is 3.15. The minimum absolute atomic E-state index is 0.0338. The molecule has 1 aliphatic rings. The van der Waals surface area contributed by atoms with Crippen LogP contribution in [0.5, 0.6) is 0 Å². The summed E-state index contributed by atoms with van der Waals surface area (Å²) in [5.74, 6) is -1.11. The lowest BCUT2D eigenvalue weighted by molar-refractivity contribution is -0.139. The van der Waals surface area contributed by atoms with E-state index in [1.807, 2.05) is 6.08 Å². The minimum atomic E-state index is -0.828. The van der Waals surface area contributed by atoms with Crippen molar-refractivity contribution in [3.8, 4) is 0 Å². The summed E-state index contributed by atoms with van der Waals surface area (Å²) < 4.78 is 4.64. The van der Waals surface area contributed by atoms with Crippen LogP contribution in [0.2, 0.25) is 0 Å². The van der Waals surface area contributed by atoms with Crippen molar-refractivity contribution < 1.29 is 19.4 Å². The average molecular weight is 227 g/mol. The fourth-order valence-electron chi connectivity index (χ4n) is 1.88. The number of likely N-dealkylation sites (N-methyl/N-ethyl adjacent to an activating group) is 1. The lowest BCUT2D eigenvalue weighted by atomic mass is 9.94. The molecule has 0 aromatic rings. The largest absolute Gasteiger partial charge is 0.480 e. The van der Waals surface area contributed by atoms with Crippen LogP contribution >= 0.6 is 0 Å². The number of carboxylic acids is 1. The van der Waals surface area contributed by atoms with E-state index in [1.165, 1.54) is 7.11 Å². The maximum absolute atomic E-state index is 11.2. The lowest BCUT2D eigenvalue weighted by Gasteiger charge is -2.28. The van der Waals surface area contributed by atoms with E-state index in [0.717, 1.165) is 6.42 Å². The maximum atomic E-state index is 11.2. The van der Waals surface area contributed by atoms with E-state index < -0.39 is 5.97 Å². The molecular formula is C11H17NO4. The SMILES string of the molecule is COC(=O)C1=CCC(N(C)CC(=O)O)CC1. The quantitative estimate of drug-likeness (QED) is 0.714. The first-order valence-corrected chi connectivity index (χ1v) is 5.24. The van der Waals surface area contributed by atoms with Crippen molar-refractivity contribution in [1.29, 1.82) is 0 Å². The normalized spacial score (nSPS) is 20.4. The molecule has 0 heterocycles. The van der Waals surface area contributed by atoms with Gasteiger partial charge in [-0.05, 0) is 26.3 Å². The molecule has 1 unspecified atom stereocenters. The number of carbonyl (C=O) groups excluding carboxylic acids is 1. The number of methoxy groups -OCH3 is 1. The van der Waals surface area contributed by atoms with Crippen LogP contribution in [0.4, 0.5) is 0 Å². The van der Waals surface area contributed by atoms with Gasteiger partial charge in [0.15, 0.2) is 0 Å². The fraction of sp³-hybridized carbons (Fsp3) is 0.636. The zero-order valence-corrected chi connectivity index (χ0v) is 9.60. The zero-order valence-electron chi connectivity index (χ0n) is 9.60. The van der Waals surface area contributed by atoms with Crippen molar-refractivity contribution in [3.05, 3.63) is 11.6 Å². The topological polar surface area (TPSA) is 66.8 Å². The predicted molar refractivity (Wildman–Crippen MR) is 58.0 cm³/mol. The summed E-state index contributed by atoms with van der Waals surface area (Å²) in [5, 5.41) is 8.66. The van der Waals surface area contributed by atoms with Gasteiger partial charge >= 0.3 is 11.9 Å². The second-order valence-corrected chi connectivity index (χ2v) is 3.96. The van der Waals surface area contributed by atoms with Gasteiger partial charge in [-0.1, -0.05) is 6.08 Å². The Morgan fingerprint density at radius 3 is 2.75 bits per heavy atom. The van der Waals surface area contributed by atoms with Crippen LogP contribution in [0, 0.1) is 0 Å². The van der Waals surface area contributed by atoms with E-state index in [9.17, 15) is 9.59 Å². The third kappa shape index (κ3) is 3.34. The highest BCUT2D eigenvalue weighted by molar-refractivity contribution is 5.88. The molecule has 0 saturated carbocycles. The molecule has 0 spiro atoms. The molecule has 0 radical (unpaired) electrons. The minimum Gasteiger partial charge on any atom is -0.480 e. The molecule has 5 nitrogen and oxygen atoms in total. The first-order chi connectivity index (χ1) is 7.54. The summed E-state index contributed by atoms with van der Waals surface area (Å²) >= 11 is 0. The Balaban J connectivity index is 2.50. The van der Waals surface area contributed by atoms with E-state index in [0.29, 0.717) is 18.4 Å². The summed E-state index contributed by atoms with van der Waals surface area (Å²) in [6.07, 6.45) is 4.00. The maximum Gasteiger partial charge on any atom is 0.333 e. The van der Waals surface area contributed by atoms with E-state index >= 15 is 0 Å². The van der Waals surface area contributed by atoms with Gasteiger partial charge in [0.1, 0.15) is 0 Å². The van der Waals surface area contributed by atoms with E-state index in [-0.39, 0.29) is 18.6 Å². The van der Waals surface area contributed by atoms with Gasteiger partial charge in [0.05, 0.1) is 13.7 Å². The van der Waals surface area contributed by atoms with Gasteiger partial charge < -0.3 is 9.84 Å². The molecule has 0 fully saturated rings. The lowest BCUT2D eigenvalue weighted by Crippen LogP contribution is -2.37. The first-order valence-electron chi connectivity index (χ1n) is 5.24. The Hall–Kier alpha value is -1.36. The third-order valence-electron chi connectivity index (χ3n) is 2.84. The highest BCUT2D eigenvalue weighted by atomic mass is 16.5. The standard InChI is InChI=1S/C11H17NO4/c1-12(7-10(13)14)9-5-3-8(4-6-9)11(15)16-2/h3,9H,4-7H2,1-2H3,(H,13,14). The smallest absolute Gasteiger partial charge is 0.333 e. The molecule has 0 bridgehead atoms. The van der Waals surface area contributed by atoms with Crippen LogP contribution < -0.4 is 0 Å². The predicted octanol–water partition coefficient (Wildman–Crippen LogP) is 0.655. The van der Waals surface area contributed by atoms with Crippen molar-refractivity contribution in [1.82, 2.24) is 4.90 Å². The van der Waals surface area contributed by atoms with Crippen LogP contribution in [0.15, 0.2) is 11.6 Å². The highest BCUT2D eigenvalue weighted by Crippen LogP contribution is 2.22. The summed E-state index contributed by atoms with van der Waals surface area (Å²) in [6.45, 7) is 0.0338. The van der Waals surface area contributed by atoms with Gasteiger partial charge in [0.25, 0.3) is 0 Å². The third-order valence-corrected chi connectivity index (χ3v) is 2.84. The molecule has 0 saturated heterocycles. The van der Waals surface area contributed by atoms with Gasteiger partial charge in [-0.3, -0.25) is 9.69 Å². The molecule has 90 valence electrons. The molecule has 0 amide bonds. The monoisotopic (exact) mass is 227 g/mol. The van der Waals surface area contributed by atoms with E-state index in [1.54, 1.807) is 11.9 Å². The Kier molecular flexibility index (Phi) is 4.49. The molecule has 0 aromatic carbocycles. The molecule has 1 aliphatic carbocycles. The van der Waals surface area contributed by atoms with Gasteiger partial charge in [-0.25, -0.2) is 4.79 Å². The van der Waals surface area contributed by atoms with Crippen molar-refractivity contribution in [2.45, 2.75) is 25.3 Å². The van der Waals surface area contributed by atoms with Crippen LogP contribution in [-0.4, -0.2) is 48.7 Å². The number of ether oxygens (including phenoxy) is 1. The van der Waals surface area contributed by atoms with E-state index in [2.05, 4.69) is 4.74 Å². The van der Waals surface area contributed by atoms with Crippen LogP contribution in [0.3, 0.4) is 0 Å². The van der Waals surface area contributed by atoms with Crippen molar-refractivity contribution in [2.75, 3.05) is 20.7 Å². The molecule has 1 N–H and O–H groups in total. The molecule has 1 atom stereocenters. The summed E-state index contributed by atoms with van der Waals surface area (Å²) in [5.41, 5.74) is 0.697. The Labute approximate surface area is 94.7 Å². The molecule has 0 aliphatic heterocycles. The average Bonchev–Trinajstić information content (AvgIpc) is 2.27. The number of carbonyl (C=O) groups is 2. The summed E-state index contributed by atoms with van der Waals surface area (Å²) in [4.78, 5) is 23.6. The van der Waals surface area contributed by atoms with E-state index in [4.69, 9.17) is 5.11 Å². The number of esters is 1. The number of nitrogens with zero attached hydrogens (tertiary/aromatic N) is 1. The number of hydrogen-bond acceptors (Lipinski definition) is 4. The first kappa shape index (κ1) is 12.7. The zero-order chi connectivity index (χ0) is 12.1. The molecule has 1 rings (SSSR count). The van der Waals surface area contributed by atoms with Crippen molar-refractivity contribution in [3.63, 3.8) is 0 Å². The Morgan fingerprint density at radius 2 is 2.31 bits per heavy atom. The van der Waals surface area contributed by atoms with Gasteiger partial charge in [0.2, 0.25) is 0 Å². The fourth-order valence-corrected chi connectivity index (χ4v) is 1.88. The molecular weight excluding hydrogens is 210 g/mol. The van der Waals surface area contributed by atoms with Crippen LogP contribution in [0.25, 0.3) is 0 Å². The van der Waals surface area contributed by atoms with Crippen molar-refractivity contribution >= 4 is 11.9 Å². The number of rotatable bonds is 4. The van der Waals surface area contributed by atoms with Crippen LogP contribution in [-0.2, 0) is 14.3 Å². The van der Waals surface area contributed by atoms with Gasteiger partial charge in [-0.15, -0.1) is 0 Å². The number of carboxylic acid groups (broad SMARTS) is 1. The second kappa shape index (κ2) is 5.65. The van der Waals surface area contributed by atoms with Crippen molar-refractivity contribution in [2.24, 2.45) is 0 Å².